The second-order valence-corrected chi connectivity index (χ2v) is 10.7. The van der Waals surface area contributed by atoms with Crippen molar-refractivity contribution < 1.29 is 4.74 Å². The fraction of sp³-hybridized carbons (Fsp3) is 0.419. The van der Waals surface area contributed by atoms with E-state index in [1.54, 1.807) is 0 Å². The molecule has 2 aliphatic heterocycles. The van der Waals surface area contributed by atoms with E-state index in [2.05, 4.69) is 107 Å². The first-order valence-corrected chi connectivity index (χ1v) is 12.7. The molecule has 0 aromatic heterocycles. The molecule has 3 unspecified atom stereocenters. The van der Waals surface area contributed by atoms with Gasteiger partial charge in [-0.05, 0) is 74.9 Å². The lowest BCUT2D eigenvalue weighted by Gasteiger charge is -2.35. The van der Waals surface area contributed by atoms with E-state index in [0.717, 1.165) is 25.4 Å². The largest absolute Gasteiger partial charge is 0.486 e. The van der Waals surface area contributed by atoms with Crippen LogP contribution in [0.4, 0.5) is 0 Å². The summed E-state index contributed by atoms with van der Waals surface area (Å²) in [6.45, 7) is 16.5. The van der Waals surface area contributed by atoms with Crippen LogP contribution in [0.3, 0.4) is 0 Å². The van der Waals surface area contributed by atoms with Crippen LogP contribution in [0.1, 0.15) is 70.2 Å². The number of piperazine rings is 1. The monoisotopic (exact) mass is 454 g/mol. The second kappa shape index (κ2) is 8.87. The minimum atomic E-state index is -0.301. The van der Waals surface area contributed by atoms with Crippen molar-refractivity contribution in [1.29, 1.82) is 0 Å². The number of ether oxygens (including phenoxy) is 1. The molecule has 0 aliphatic carbocycles. The zero-order valence-electron chi connectivity index (χ0n) is 21.5. The highest BCUT2D eigenvalue weighted by molar-refractivity contribution is 5.63. The molecule has 2 aliphatic rings. The van der Waals surface area contributed by atoms with Gasteiger partial charge < -0.3 is 15.4 Å². The van der Waals surface area contributed by atoms with Gasteiger partial charge in [-0.15, -0.1) is 0 Å². The van der Waals surface area contributed by atoms with Crippen LogP contribution < -0.4 is 15.4 Å². The normalized spacial score (nSPS) is 22.2. The van der Waals surface area contributed by atoms with Crippen LogP contribution in [0.5, 0.6) is 5.75 Å². The molecule has 3 aromatic carbocycles. The summed E-state index contributed by atoms with van der Waals surface area (Å²) in [7, 11) is 0. The van der Waals surface area contributed by atoms with Gasteiger partial charge in [0.15, 0.2) is 0 Å². The number of fused-ring (bicyclic) bond motifs is 1. The van der Waals surface area contributed by atoms with Crippen LogP contribution in [0.15, 0.2) is 54.6 Å². The van der Waals surface area contributed by atoms with Crippen molar-refractivity contribution in [2.75, 3.05) is 19.6 Å². The van der Waals surface area contributed by atoms with Crippen molar-refractivity contribution in [1.82, 2.24) is 10.6 Å². The summed E-state index contributed by atoms with van der Waals surface area (Å²) in [5.41, 5.74) is 10.6. The first-order chi connectivity index (χ1) is 16.3. The molecular formula is C31H38N2O. The standard InChI is InChI=1S/C31H38N2O/c1-19-12-14-24(15-13-19)29-27-22(4)26(20(2)21(3)30(27)34-31(29,5)6)28(23-10-8-7-9-11-23)25-18-32-16-17-33-25/h7-15,25,28-29,32-33H,16-18H2,1-6H3. The van der Waals surface area contributed by atoms with Crippen LogP contribution in [-0.4, -0.2) is 31.3 Å². The Balaban J connectivity index is 1.74. The van der Waals surface area contributed by atoms with E-state index in [1.165, 1.54) is 44.5 Å². The maximum absolute atomic E-state index is 6.74. The van der Waals surface area contributed by atoms with Crippen molar-refractivity contribution >= 4 is 0 Å². The predicted molar refractivity (Wildman–Crippen MR) is 141 cm³/mol. The SMILES string of the molecule is Cc1ccc(C2c3c(C)c(C(c4ccccc4)C4CNCCN4)c(C)c(C)c3OC2(C)C)cc1. The lowest BCUT2D eigenvalue weighted by molar-refractivity contribution is 0.121. The topological polar surface area (TPSA) is 33.3 Å². The zero-order valence-corrected chi connectivity index (χ0v) is 21.5. The minimum Gasteiger partial charge on any atom is -0.486 e. The van der Waals surface area contributed by atoms with Crippen molar-refractivity contribution in [3.05, 3.63) is 99.1 Å². The number of benzene rings is 3. The van der Waals surface area contributed by atoms with Gasteiger partial charge in [-0.2, -0.15) is 0 Å². The van der Waals surface area contributed by atoms with Gasteiger partial charge in [0.05, 0.1) is 5.92 Å². The highest BCUT2D eigenvalue weighted by Gasteiger charge is 2.45. The Hall–Kier alpha value is -2.62. The van der Waals surface area contributed by atoms with E-state index in [4.69, 9.17) is 4.74 Å². The molecule has 3 atom stereocenters. The number of aryl methyl sites for hydroxylation is 1. The molecule has 3 nitrogen and oxygen atoms in total. The molecule has 0 radical (unpaired) electrons. The van der Waals surface area contributed by atoms with Gasteiger partial charge in [-0.3, -0.25) is 0 Å². The fourth-order valence-corrected chi connectivity index (χ4v) is 6.29. The molecule has 3 aromatic rings. The van der Waals surface area contributed by atoms with Gasteiger partial charge in [-0.1, -0.05) is 60.2 Å². The average molecular weight is 455 g/mol. The van der Waals surface area contributed by atoms with Crippen LogP contribution in [-0.2, 0) is 0 Å². The van der Waals surface area contributed by atoms with E-state index in [1.807, 2.05) is 0 Å². The lowest BCUT2D eigenvalue weighted by Crippen LogP contribution is -2.51. The van der Waals surface area contributed by atoms with Crippen molar-refractivity contribution in [2.24, 2.45) is 0 Å². The molecule has 34 heavy (non-hydrogen) atoms. The van der Waals surface area contributed by atoms with Gasteiger partial charge in [0, 0.05) is 37.2 Å². The molecule has 2 N–H and O–H groups in total. The third-order valence-electron chi connectivity index (χ3n) is 8.06. The first kappa shape index (κ1) is 23.1. The van der Waals surface area contributed by atoms with E-state index in [9.17, 15) is 0 Å². The number of hydrogen-bond acceptors (Lipinski definition) is 3. The van der Waals surface area contributed by atoms with Crippen LogP contribution in [0.25, 0.3) is 0 Å². The fourth-order valence-electron chi connectivity index (χ4n) is 6.29. The zero-order chi connectivity index (χ0) is 24.0. The van der Waals surface area contributed by atoms with E-state index >= 15 is 0 Å². The molecule has 2 heterocycles. The third kappa shape index (κ3) is 3.85. The first-order valence-electron chi connectivity index (χ1n) is 12.7. The van der Waals surface area contributed by atoms with Gasteiger partial charge >= 0.3 is 0 Å². The van der Waals surface area contributed by atoms with Crippen LogP contribution in [0, 0.1) is 27.7 Å². The van der Waals surface area contributed by atoms with E-state index in [0.29, 0.717) is 6.04 Å². The molecule has 5 rings (SSSR count). The van der Waals surface area contributed by atoms with Crippen molar-refractivity contribution in [3.8, 4) is 5.75 Å². The molecule has 0 amide bonds. The van der Waals surface area contributed by atoms with Crippen LogP contribution in [0.2, 0.25) is 0 Å². The summed E-state index contributed by atoms with van der Waals surface area (Å²) < 4.78 is 6.74. The summed E-state index contributed by atoms with van der Waals surface area (Å²) in [6, 6.07) is 20.4. The molecule has 0 bridgehead atoms. The maximum atomic E-state index is 6.74. The quantitative estimate of drug-likeness (QED) is 0.514. The molecular weight excluding hydrogens is 416 g/mol. The summed E-state index contributed by atoms with van der Waals surface area (Å²) >= 11 is 0. The Morgan fingerprint density at radius 3 is 2.21 bits per heavy atom. The van der Waals surface area contributed by atoms with E-state index in [-0.39, 0.29) is 17.4 Å². The number of nitrogens with one attached hydrogen (secondary N) is 2. The molecule has 0 spiro atoms. The molecule has 1 saturated heterocycles. The number of hydrogen-bond donors (Lipinski definition) is 2. The molecule has 1 fully saturated rings. The maximum Gasteiger partial charge on any atom is 0.127 e. The summed E-state index contributed by atoms with van der Waals surface area (Å²) in [6.07, 6.45) is 0. The highest BCUT2D eigenvalue weighted by Crippen LogP contribution is 2.54. The van der Waals surface area contributed by atoms with Gasteiger partial charge in [0.2, 0.25) is 0 Å². The van der Waals surface area contributed by atoms with Gasteiger partial charge in [-0.25, -0.2) is 0 Å². The lowest BCUT2D eigenvalue weighted by atomic mass is 9.73. The molecule has 178 valence electrons. The minimum absolute atomic E-state index is 0.204. The summed E-state index contributed by atoms with van der Waals surface area (Å²) in [5, 5.41) is 7.46. The smallest absolute Gasteiger partial charge is 0.127 e. The van der Waals surface area contributed by atoms with Gasteiger partial charge in [0.1, 0.15) is 11.4 Å². The van der Waals surface area contributed by atoms with Crippen LogP contribution >= 0.6 is 0 Å². The summed E-state index contributed by atoms with van der Waals surface area (Å²) in [5.74, 6) is 1.58. The third-order valence-corrected chi connectivity index (χ3v) is 8.06. The molecule has 0 saturated carbocycles. The Morgan fingerprint density at radius 2 is 1.56 bits per heavy atom. The highest BCUT2D eigenvalue weighted by atomic mass is 16.5. The van der Waals surface area contributed by atoms with E-state index < -0.39 is 0 Å². The Labute approximate surface area is 204 Å². The molecule has 3 heteroatoms. The second-order valence-electron chi connectivity index (χ2n) is 10.7. The summed E-state index contributed by atoms with van der Waals surface area (Å²) in [4.78, 5) is 0. The number of rotatable bonds is 4. The Kier molecular flexibility index (Phi) is 6.03. The van der Waals surface area contributed by atoms with Crippen molar-refractivity contribution in [2.45, 2.75) is 65.0 Å². The van der Waals surface area contributed by atoms with Crippen molar-refractivity contribution in [3.63, 3.8) is 0 Å². The average Bonchev–Trinajstić information content (AvgIpc) is 3.13. The Bertz CT molecular complexity index is 1170. The Morgan fingerprint density at radius 1 is 0.853 bits per heavy atom. The predicted octanol–water partition coefficient (Wildman–Crippen LogP) is 5.92. The van der Waals surface area contributed by atoms with Gasteiger partial charge in [0.25, 0.3) is 0 Å².